The van der Waals surface area contributed by atoms with E-state index in [2.05, 4.69) is 20.5 Å². The van der Waals surface area contributed by atoms with Gasteiger partial charge in [0.1, 0.15) is 5.76 Å². The van der Waals surface area contributed by atoms with Gasteiger partial charge in [0.05, 0.1) is 23.9 Å². The summed E-state index contributed by atoms with van der Waals surface area (Å²) >= 11 is 1.44. The van der Waals surface area contributed by atoms with Crippen molar-refractivity contribution in [2.24, 2.45) is 0 Å². The number of furan rings is 1. The Morgan fingerprint density at radius 3 is 2.82 bits per heavy atom. The van der Waals surface area contributed by atoms with Crippen molar-refractivity contribution in [1.29, 1.82) is 0 Å². The molecule has 3 aromatic rings. The Balaban J connectivity index is 1.53. The van der Waals surface area contributed by atoms with Gasteiger partial charge in [-0.1, -0.05) is 18.7 Å². The first kappa shape index (κ1) is 18.0. The number of carbonyl (C=O) groups is 3. The average molecular weight is 397 g/mol. The topological polar surface area (TPSA) is 121 Å². The number of thioether (sulfide) groups is 1. The number of amides is 3. The molecule has 1 aromatic carbocycles. The molecular weight excluding hydrogens is 382 g/mol. The number of rotatable bonds is 6. The third-order valence-electron chi connectivity index (χ3n) is 4.10. The molecule has 0 fully saturated rings. The molecule has 0 bridgehead atoms. The zero-order valence-corrected chi connectivity index (χ0v) is 15.6. The molecular formula is C18H15N5O4S. The van der Waals surface area contributed by atoms with E-state index in [9.17, 15) is 14.4 Å². The molecule has 0 aliphatic carbocycles. The first-order chi connectivity index (χ1) is 13.6. The van der Waals surface area contributed by atoms with Crippen LogP contribution in [0.15, 0.2) is 46.2 Å². The zero-order chi connectivity index (χ0) is 19.7. The van der Waals surface area contributed by atoms with E-state index in [4.69, 9.17) is 4.42 Å². The summed E-state index contributed by atoms with van der Waals surface area (Å²) in [7, 11) is 0. The second-order valence-corrected chi connectivity index (χ2v) is 7.12. The lowest BCUT2D eigenvalue weighted by atomic mass is 10.1. The van der Waals surface area contributed by atoms with Crippen LogP contribution in [0.5, 0.6) is 0 Å². The summed E-state index contributed by atoms with van der Waals surface area (Å²) in [5.74, 6) is 0.173. The fourth-order valence-electron chi connectivity index (χ4n) is 2.81. The van der Waals surface area contributed by atoms with Gasteiger partial charge in [-0.25, -0.2) is 5.10 Å². The van der Waals surface area contributed by atoms with E-state index in [-0.39, 0.29) is 29.2 Å². The van der Waals surface area contributed by atoms with Crippen LogP contribution >= 0.6 is 11.8 Å². The van der Waals surface area contributed by atoms with Crippen molar-refractivity contribution in [3.8, 4) is 0 Å². The van der Waals surface area contributed by atoms with Crippen molar-refractivity contribution < 1.29 is 18.8 Å². The zero-order valence-electron chi connectivity index (χ0n) is 14.8. The lowest BCUT2D eigenvalue weighted by molar-refractivity contribution is 0.0631. The van der Waals surface area contributed by atoms with E-state index in [1.165, 1.54) is 36.2 Å². The normalized spacial score (nSPS) is 13.1. The maximum atomic E-state index is 12.6. The Hall–Kier alpha value is -3.40. The first-order valence-corrected chi connectivity index (χ1v) is 9.44. The molecule has 0 spiro atoms. The van der Waals surface area contributed by atoms with Crippen LogP contribution in [0.4, 0.5) is 5.95 Å². The SMILES string of the molecule is CCSc1n[nH]c(NC(=O)c2ccc3c(c2)C(=O)N(Cc2ccco2)C3=O)n1. The third-order valence-corrected chi connectivity index (χ3v) is 4.83. The van der Waals surface area contributed by atoms with Gasteiger partial charge in [-0.3, -0.25) is 24.6 Å². The molecule has 0 radical (unpaired) electrons. The molecule has 4 rings (SSSR count). The van der Waals surface area contributed by atoms with E-state index in [1.54, 1.807) is 12.1 Å². The van der Waals surface area contributed by atoms with Gasteiger partial charge >= 0.3 is 0 Å². The summed E-state index contributed by atoms with van der Waals surface area (Å²) < 4.78 is 5.21. The van der Waals surface area contributed by atoms with Crippen molar-refractivity contribution in [3.05, 3.63) is 59.0 Å². The quantitative estimate of drug-likeness (QED) is 0.484. The number of fused-ring (bicyclic) bond motifs is 1. The second-order valence-electron chi connectivity index (χ2n) is 5.89. The summed E-state index contributed by atoms with van der Waals surface area (Å²) in [4.78, 5) is 42.9. The van der Waals surface area contributed by atoms with Crippen molar-refractivity contribution in [2.75, 3.05) is 11.1 Å². The maximum absolute atomic E-state index is 12.6. The van der Waals surface area contributed by atoms with Crippen molar-refractivity contribution >= 4 is 35.4 Å². The number of nitrogens with one attached hydrogen (secondary N) is 2. The molecule has 3 amide bonds. The smallest absolute Gasteiger partial charge is 0.261 e. The number of hydrogen-bond donors (Lipinski definition) is 2. The molecule has 28 heavy (non-hydrogen) atoms. The first-order valence-electron chi connectivity index (χ1n) is 8.46. The van der Waals surface area contributed by atoms with Gasteiger partial charge in [0, 0.05) is 5.56 Å². The summed E-state index contributed by atoms with van der Waals surface area (Å²) in [5.41, 5.74) is 0.680. The van der Waals surface area contributed by atoms with Crippen LogP contribution in [-0.4, -0.2) is 43.6 Å². The van der Waals surface area contributed by atoms with E-state index < -0.39 is 17.7 Å². The fourth-order valence-corrected chi connectivity index (χ4v) is 3.33. The summed E-state index contributed by atoms with van der Waals surface area (Å²) in [6.07, 6.45) is 1.48. The van der Waals surface area contributed by atoms with Crippen LogP contribution in [0.3, 0.4) is 0 Å². The molecule has 3 heterocycles. The number of aromatic nitrogens is 3. The van der Waals surface area contributed by atoms with Gasteiger partial charge in [0.2, 0.25) is 11.1 Å². The van der Waals surface area contributed by atoms with Crippen LogP contribution in [0.25, 0.3) is 0 Å². The number of anilines is 1. The molecule has 0 saturated carbocycles. The van der Waals surface area contributed by atoms with Crippen molar-refractivity contribution in [2.45, 2.75) is 18.6 Å². The van der Waals surface area contributed by atoms with E-state index in [0.717, 1.165) is 10.7 Å². The predicted molar refractivity (Wildman–Crippen MR) is 100 cm³/mol. The number of H-pyrrole nitrogens is 1. The van der Waals surface area contributed by atoms with Gasteiger partial charge in [-0.05, 0) is 36.1 Å². The van der Waals surface area contributed by atoms with E-state index in [0.29, 0.717) is 10.9 Å². The summed E-state index contributed by atoms with van der Waals surface area (Å²) in [6, 6.07) is 7.75. The van der Waals surface area contributed by atoms with Gasteiger partial charge in [0.25, 0.3) is 17.7 Å². The maximum Gasteiger partial charge on any atom is 0.261 e. The summed E-state index contributed by atoms with van der Waals surface area (Å²) in [6.45, 7) is 2.01. The highest BCUT2D eigenvalue weighted by atomic mass is 32.2. The lowest BCUT2D eigenvalue weighted by Crippen LogP contribution is -2.28. The minimum absolute atomic E-state index is 0.0385. The minimum atomic E-state index is -0.465. The van der Waals surface area contributed by atoms with Crippen LogP contribution < -0.4 is 5.32 Å². The fraction of sp³-hybridized carbons (Fsp3) is 0.167. The highest BCUT2D eigenvalue weighted by molar-refractivity contribution is 7.99. The van der Waals surface area contributed by atoms with Gasteiger partial charge in [-0.2, -0.15) is 4.98 Å². The molecule has 1 aliphatic heterocycles. The number of aromatic amines is 1. The van der Waals surface area contributed by atoms with Gasteiger partial charge in [-0.15, -0.1) is 5.10 Å². The van der Waals surface area contributed by atoms with Crippen molar-refractivity contribution in [3.63, 3.8) is 0 Å². The molecule has 0 atom stereocenters. The van der Waals surface area contributed by atoms with Crippen LogP contribution in [0, 0.1) is 0 Å². The Labute approximate surface area is 163 Å². The number of hydrogen-bond acceptors (Lipinski definition) is 7. The number of benzene rings is 1. The third kappa shape index (κ3) is 3.29. The average Bonchev–Trinajstić information content (AvgIpc) is 3.41. The van der Waals surface area contributed by atoms with E-state index >= 15 is 0 Å². The molecule has 2 aromatic heterocycles. The molecule has 1 aliphatic rings. The highest BCUT2D eigenvalue weighted by Gasteiger charge is 2.36. The Morgan fingerprint density at radius 2 is 2.07 bits per heavy atom. The Bertz CT molecular complexity index is 1060. The van der Waals surface area contributed by atoms with E-state index in [1.807, 2.05) is 6.92 Å². The Morgan fingerprint density at radius 1 is 1.25 bits per heavy atom. The minimum Gasteiger partial charge on any atom is -0.467 e. The number of carbonyl (C=O) groups excluding carboxylic acids is 3. The standard InChI is InChI=1S/C18H15N5O4S/c1-2-28-18-20-17(21-22-18)19-14(24)10-5-6-12-13(8-10)16(26)23(15(12)25)9-11-4-3-7-27-11/h3-8H,2,9H2,1H3,(H2,19,20,21,22,24). The molecule has 142 valence electrons. The molecule has 2 N–H and O–H groups in total. The molecule has 0 unspecified atom stereocenters. The highest BCUT2D eigenvalue weighted by Crippen LogP contribution is 2.26. The molecule has 0 saturated heterocycles. The van der Waals surface area contributed by atoms with Gasteiger partial charge in [0.15, 0.2) is 0 Å². The summed E-state index contributed by atoms with van der Waals surface area (Å²) in [5, 5.41) is 9.74. The second kappa shape index (κ2) is 7.31. The van der Waals surface area contributed by atoms with Crippen LogP contribution in [0.1, 0.15) is 43.8 Å². The predicted octanol–water partition coefficient (Wildman–Crippen LogP) is 2.56. The number of imide groups is 1. The van der Waals surface area contributed by atoms with Crippen molar-refractivity contribution in [1.82, 2.24) is 20.1 Å². The lowest BCUT2D eigenvalue weighted by Gasteiger charge is -2.11. The van der Waals surface area contributed by atoms with Crippen LogP contribution in [0.2, 0.25) is 0 Å². The molecule has 9 nitrogen and oxygen atoms in total. The molecule has 10 heteroatoms. The van der Waals surface area contributed by atoms with Gasteiger partial charge < -0.3 is 4.42 Å². The largest absolute Gasteiger partial charge is 0.467 e. The number of nitrogens with zero attached hydrogens (tertiary/aromatic N) is 3. The Kier molecular flexibility index (Phi) is 4.70. The van der Waals surface area contributed by atoms with Crippen LogP contribution in [-0.2, 0) is 6.54 Å². The monoisotopic (exact) mass is 397 g/mol.